The number of alkyl halides is 4. The summed E-state index contributed by atoms with van der Waals surface area (Å²) in [5.41, 5.74) is 6.40. The Morgan fingerprint density at radius 1 is 1.26 bits per heavy atom. The molecular formula is C17H23F4N3O3. The fraction of sp³-hybridized carbons (Fsp3) is 0.529. The van der Waals surface area contributed by atoms with Gasteiger partial charge in [-0.05, 0) is 23.6 Å². The number of carbonyl (C=O) groups is 2. The summed E-state index contributed by atoms with van der Waals surface area (Å²) in [6.07, 6.45) is -3.80. The minimum absolute atomic E-state index is 0.0813. The molecule has 4 N–H and O–H groups in total. The van der Waals surface area contributed by atoms with Gasteiger partial charge in [-0.2, -0.15) is 8.78 Å². The Balaban J connectivity index is 2.49. The molecule has 1 rings (SSSR count). The van der Waals surface area contributed by atoms with Crippen molar-refractivity contribution in [2.45, 2.75) is 38.8 Å². The van der Waals surface area contributed by atoms with Gasteiger partial charge in [-0.25, -0.2) is 8.78 Å². The van der Waals surface area contributed by atoms with Crippen molar-refractivity contribution in [1.82, 2.24) is 5.32 Å². The standard InChI is InChI=1S/C17H23F4N3O3/c1-10(2)14(22)15(26)23-7-13(25)24-12-5-3-4-11(6-12)8-27-9-17(20,21)16(18)19/h3-6,10,14,16H,7-9,22H2,1-2H3,(H,23,26)(H,24,25)/t14-/m0/s1. The Morgan fingerprint density at radius 2 is 1.93 bits per heavy atom. The molecule has 0 fully saturated rings. The number of nitrogens with one attached hydrogen (secondary N) is 2. The van der Waals surface area contributed by atoms with E-state index in [9.17, 15) is 27.2 Å². The Morgan fingerprint density at radius 3 is 2.52 bits per heavy atom. The van der Waals surface area contributed by atoms with E-state index >= 15 is 0 Å². The zero-order valence-corrected chi connectivity index (χ0v) is 15.0. The van der Waals surface area contributed by atoms with Gasteiger partial charge in [-0.1, -0.05) is 26.0 Å². The molecule has 0 spiro atoms. The maximum absolute atomic E-state index is 12.8. The molecule has 0 aliphatic rings. The molecule has 1 aromatic rings. The van der Waals surface area contributed by atoms with Crippen LogP contribution in [0.25, 0.3) is 0 Å². The number of ether oxygens (including phenoxy) is 1. The van der Waals surface area contributed by atoms with E-state index in [-0.39, 0.29) is 19.1 Å². The highest BCUT2D eigenvalue weighted by atomic mass is 19.3. The average Bonchev–Trinajstić information content (AvgIpc) is 2.59. The summed E-state index contributed by atoms with van der Waals surface area (Å²) in [6.45, 7) is 1.51. The summed E-state index contributed by atoms with van der Waals surface area (Å²) >= 11 is 0. The van der Waals surface area contributed by atoms with Gasteiger partial charge in [-0.3, -0.25) is 9.59 Å². The van der Waals surface area contributed by atoms with Crippen LogP contribution in [0.2, 0.25) is 0 Å². The summed E-state index contributed by atoms with van der Waals surface area (Å²) in [6, 6.07) is 5.31. The van der Waals surface area contributed by atoms with Crippen molar-refractivity contribution >= 4 is 17.5 Å². The predicted octanol–water partition coefficient (Wildman–Crippen LogP) is 2.14. The summed E-state index contributed by atoms with van der Waals surface area (Å²) in [5, 5.41) is 4.92. The van der Waals surface area contributed by atoms with Crippen molar-refractivity contribution < 1.29 is 31.9 Å². The molecule has 27 heavy (non-hydrogen) atoms. The third-order valence-corrected chi connectivity index (χ3v) is 3.54. The summed E-state index contributed by atoms with van der Waals surface area (Å²) in [5.74, 6) is -5.27. The van der Waals surface area contributed by atoms with Crippen LogP contribution in [-0.4, -0.2) is 43.4 Å². The first kappa shape index (κ1) is 22.8. The molecule has 0 unspecified atom stereocenters. The number of hydrogen-bond acceptors (Lipinski definition) is 4. The Bertz CT molecular complexity index is 642. The lowest BCUT2D eigenvalue weighted by atomic mass is 10.1. The third-order valence-electron chi connectivity index (χ3n) is 3.54. The minimum atomic E-state index is -4.22. The molecule has 0 bridgehead atoms. The van der Waals surface area contributed by atoms with E-state index in [1.807, 2.05) is 0 Å². The molecule has 0 aliphatic carbocycles. The van der Waals surface area contributed by atoms with Crippen molar-refractivity contribution in [2.24, 2.45) is 11.7 Å². The van der Waals surface area contributed by atoms with Crippen molar-refractivity contribution in [3.05, 3.63) is 29.8 Å². The number of benzene rings is 1. The van der Waals surface area contributed by atoms with E-state index in [1.54, 1.807) is 13.8 Å². The lowest BCUT2D eigenvalue weighted by Gasteiger charge is -2.16. The van der Waals surface area contributed by atoms with Crippen LogP contribution < -0.4 is 16.4 Å². The van der Waals surface area contributed by atoms with E-state index in [2.05, 4.69) is 15.4 Å². The van der Waals surface area contributed by atoms with Crippen molar-refractivity contribution in [2.75, 3.05) is 18.5 Å². The fourth-order valence-electron chi connectivity index (χ4n) is 1.90. The third kappa shape index (κ3) is 7.92. The van der Waals surface area contributed by atoms with Gasteiger partial charge in [0.15, 0.2) is 0 Å². The number of amides is 2. The molecule has 0 saturated carbocycles. The smallest absolute Gasteiger partial charge is 0.330 e. The van der Waals surface area contributed by atoms with E-state index in [0.717, 1.165) is 0 Å². The topological polar surface area (TPSA) is 93.5 Å². The van der Waals surface area contributed by atoms with Gasteiger partial charge in [-0.15, -0.1) is 0 Å². The van der Waals surface area contributed by atoms with Gasteiger partial charge < -0.3 is 21.1 Å². The van der Waals surface area contributed by atoms with Gasteiger partial charge in [0.05, 0.1) is 19.2 Å². The molecule has 0 aromatic heterocycles. The van der Waals surface area contributed by atoms with Gasteiger partial charge in [0.25, 0.3) is 0 Å². The first-order chi connectivity index (χ1) is 12.5. The second kappa shape index (κ2) is 10.2. The largest absolute Gasteiger partial charge is 0.370 e. The Hall–Kier alpha value is -2.20. The van der Waals surface area contributed by atoms with Crippen LogP contribution in [0, 0.1) is 5.92 Å². The van der Waals surface area contributed by atoms with E-state index in [0.29, 0.717) is 11.3 Å². The van der Waals surface area contributed by atoms with Crippen LogP contribution in [0.15, 0.2) is 24.3 Å². The molecule has 10 heteroatoms. The highest BCUT2D eigenvalue weighted by Crippen LogP contribution is 2.23. The normalized spacial score (nSPS) is 12.9. The second-order valence-electron chi connectivity index (χ2n) is 6.29. The van der Waals surface area contributed by atoms with Crippen molar-refractivity contribution in [3.8, 4) is 0 Å². The van der Waals surface area contributed by atoms with E-state index < -0.39 is 36.8 Å². The monoisotopic (exact) mass is 393 g/mol. The molecule has 0 radical (unpaired) electrons. The number of hydrogen-bond donors (Lipinski definition) is 3. The van der Waals surface area contributed by atoms with Crippen molar-refractivity contribution in [1.29, 1.82) is 0 Å². The summed E-state index contributed by atoms with van der Waals surface area (Å²) in [4.78, 5) is 23.6. The lowest BCUT2D eigenvalue weighted by molar-refractivity contribution is -0.168. The Labute approximate surface area is 154 Å². The maximum Gasteiger partial charge on any atom is 0.330 e. The van der Waals surface area contributed by atoms with Crippen LogP contribution in [0.5, 0.6) is 0 Å². The zero-order valence-electron chi connectivity index (χ0n) is 15.0. The van der Waals surface area contributed by atoms with Crippen molar-refractivity contribution in [3.63, 3.8) is 0 Å². The quantitative estimate of drug-likeness (QED) is 0.531. The summed E-state index contributed by atoms with van der Waals surface area (Å²) in [7, 11) is 0. The first-order valence-corrected chi connectivity index (χ1v) is 8.18. The molecule has 0 heterocycles. The minimum Gasteiger partial charge on any atom is -0.370 e. The van der Waals surface area contributed by atoms with Gasteiger partial charge in [0.1, 0.15) is 6.61 Å². The fourth-order valence-corrected chi connectivity index (χ4v) is 1.90. The van der Waals surface area contributed by atoms with Gasteiger partial charge in [0, 0.05) is 5.69 Å². The predicted molar refractivity (Wildman–Crippen MR) is 91.5 cm³/mol. The van der Waals surface area contributed by atoms with Crippen LogP contribution in [0.1, 0.15) is 19.4 Å². The molecule has 1 atom stereocenters. The molecule has 0 saturated heterocycles. The lowest BCUT2D eigenvalue weighted by Crippen LogP contribution is -2.46. The van der Waals surface area contributed by atoms with E-state index in [1.165, 1.54) is 24.3 Å². The molecule has 6 nitrogen and oxygen atoms in total. The summed E-state index contributed by atoms with van der Waals surface area (Å²) < 4.78 is 54.3. The first-order valence-electron chi connectivity index (χ1n) is 8.18. The van der Waals surface area contributed by atoms with E-state index in [4.69, 9.17) is 5.73 Å². The maximum atomic E-state index is 12.8. The number of halogens is 4. The number of anilines is 1. The van der Waals surface area contributed by atoms with Crippen LogP contribution in [0.4, 0.5) is 23.2 Å². The SMILES string of the molecule is CC(C)[C@H](N)C(=O)NCC(=O)Nc1cccc(COCC(F)(F)C(F)F)c1. The van der Waals surface area contributed by atoms with Crippen LogP contribution in [-0.2, 0) is 20.9 Å². The molecular weight excluding hydrogens is 370 g/mol. The number of rotatable bonds is 10. The Kier molecular flexibility index (Phi) is 8.64. The van der Waals surface area contributed by atoms with Crippen LogP contribution >= 0.6 is 0 Å². The highest BCUT2D eigenvalue weighted by Gasteiger charge is 2.40. The number of nitrogens with two attached hydrogens (primary N) is 1. The van der Waals surface area contributed by atoms with Crippen LogP contribution in [0.3, 0.4) is 0 Å². The highest BCUT2D eigenvalue weighted by molar-refractivity contribution is 5.95. The molecule has 152 valence electrons. The average molecular weight is 393 g/mol. The molecule has 1 aromatic carbocycles. The molecule has 2 amide bonds. The van der Waals surface area contributed by atoms with Gasteiger partial charge >= 0.3 is 12.3 Å². The van der Waals surface area contributed by atoms with Gasteiger partial charge in [0.2, 0.25) is 11.8 Å². The number of carbonyl (C=O) groups excluding carboxylic acids is 2. The second-order valence-corrected chi connectivity index (χ2v) is 6.29. The zero-order chi connectivity index (χ0) is 20.6. The molecule has 0 aliphatic heterocycles.